The number of rotatable bonds is 6. The fraction of sp³-hybridized carbons (Fsp3) is 0.176. The Labute approximate surface area is 155 Å². The summed E-state index contributed by atoms with van der Waals surface area (Å²) >= 11 is 17.7. The molecule has 4 nitrogen and oxygen atoms in total. The smallest absolute Gasteiger partial charge is 0.277 e. The van der Waals surface area contributed by atoms with E-state index in [9.17, 15) is 4.79 Å². The highest BCUT2D eigenvalue weighted by Crippen LogP contribution is 2.27. The van der Waals surface area contributed by atoms with Gasteiger partial charge in [-0.3, -0.25) is 4.79 Å². The van der Waals surface area contributed by atoms with E-state index in [4.69, 9.17) is 39.5 Å². The molecule has 0 aromatic heterocycles. The Balaban J connectivity index is 1.95. The summed E-state index contributed by atoms with van der Waals surface area (Å²) in [6, 6.07) is 12.1. The lowest BCUT2D eigenvalue weighted by atomic mass is 10.1. The Morgan fingerprint density at radius 1 is 1.12 bits per heavy atom. The van der Waals surface area contributed by atoms with Crippen molar-refractivity contribution in [1.29, 1.82) is 0 Å². The van der Waals surface area contributed by atoms with Crippen molar-refractivity contribution in [3.05, 3.63) is 63.1 Å². The van der Waals surface area contributed by atoms with Crippen molar-refractivity contribution in [2.75, 3.05) is 6.61 Å². The summed E-state index contributed by atoms with van der Waals surface area (Å²) in [7, 11) is 0. The molecule has 0 unspecified atom stereocenters. The second-order valence-electron chi connectivity index (χ2n) is 4.82. The van der Waals surface area contributed by atoms with Crippen molar-refractivity contribution in [2.45, 2.75) is 13.3 Å². The average molecular weight is 386 g/mol. The summed E-state index contributed by atoms with van der Waals surface area (Å²) in [5.41, 5.74) is 4.04. The Bertz CT molecular complexity index is 763. The fourth-order valence-electron chi connectivity index (χ4n) is 1.91. The quantitative estimate of drug-likeness (QED) is 0.564. The molecule has 1 amide bonds. The van der Waals surface area contributed by atoms with Gasteiger partial charge in [0, 0.05) is 10.0 Å². The number of carbonyl (C=O) groups is 1. The van der Waals surface area contributed by atoms with Gasteiger partial charge in [0.05, 0.1) is 10.7 Å². The van der Waals surface area contributed by atoms with Gasteiger partial charge in [-0.05, 0) is 42.3 Å². The number of benzene rings is 2. The first-order chi connectivity index (χ1) is 11.5. The molecule has 2 aromatic rings. The van der Waals surface area contributed by atoms with E-state index in [0.717, 1.165) is 11.3 Å². The largest absolute Gasteiger partial charge is 0.482 e. The molecule has 0 spiro atoms. The summed E-state index contributed by atoms with van der Waals surface area (Å²) in [5, 5.41) is 5.57. The maximum atomic E-state index is 11.9. The van der Waals surface area contributed by atoms with Gasteiger partial charge in [-0.2, -0.15) is 5.10 Å². The molecule has 126 valence electrons. The van der Waals surface area contributed by atoms with Crippen LogP contribution in [-0.2, 0) is 4.79 Å². The number of ether oxygens (including phenoxy) is 1. The number of halogens is 3. The van der Waals surface area contributed by atoms with E-state index in [-0.39, 0.29) is 6.61 Å². The molecule has 0 atom stereocenters. The summed E-state index contributed by atoms with van der Waals surface area (Å²) in [5.74, 6) is -0.0141. The van der Waals surface area contributed by atoms with Crippen LogP contribution in [0.25, 0.3) is 0 Å². The first-order valence-corrected chi connectivity index (χ1v) is 8.32. The van der Waals surface area contributed by atoms with E-state index in [2.05, 4.69) is 10.5 Å². The van der Waals surface area contributed by atoms with Crippen molar-refractivity contribution in [1.82, 2.24) is 5.43 Å². The minimum atomic E-state index is -0.394. The number of nitrogens with zero attached hydrogens (tertiary/aromatic N) is 1. The van der Waals surface area contributed by atoms with E-state index in [1.165, 1.54) is 0 Å². The third kappa shape index (κ3) is 5.41. The predicted octanol–water partition coefficient (Wildman–Crippen LogP) is 4.96. The van der Waals surface area contributed by atoms with E-state index >= 15 is 0 Å². The second kappa shape index (κ2) is 8.92. The maximum Gasteiger partial charge on any atom is 0.277 e. The average Bonchev–Trinajstić information content (AvgIpc) is 2.54. The van der Waals surface area contributed by atoms with Crippen LogP contribution in [0.4, 0.5) is 0 Å². The topological polar surface area (TPSA) is 50.7 Å². The van der Waals surface area contributed by atoms with Gasteiger partial charge in [0.15, 0.2) is 6.61 Å². The monoisotopic (exact) mass is 384 g/mol. The van der Waals surface area contributed by atoms with Crippen LogP contribution < -0.4 is 10.2 Å². The van der Waals surface area contributed by atoms with Crippen LogP contribution in [0.2, 0.25) is 15.1 Å². The number of hydrogen-bond acceptors (Lipinski definition) is 3. The van der Waals surface area contributed by atoms with Crippen LogP contribution in [0.3, 0.4) is 0 Å². The Kier molecular flexibility index (Phi) is 6.91. The van der Waals surface area contributed by atoms with Gasteiger partial charge >= 0.3 is 0 Å². The van der Waals surface area contributed by atoms with Gasteiger partial charge in [0.25, 0.3) is 5.91 Å². The van der Waals surface area contributed by atoms with Gasteiger partial charge < -0.3 is 4.74 Å². The van der Waals surface area contributed by atoms with Crippen LogP contribution in [0, 0.1) is 0 Å². The molecule has 0 saturated carbocycles. The van der Waals surface area contributed by atoms with E-state index in [1.807, 2.05) is 19.1 Å². The Morgan fingerprint density at radius 3 is 2.54 bits per heavy atom. The summed E-state index contributed by atoms with van der Waals surface area (Å²) in [4.78, 5) is 11.9. The summed E-state index contributed by atoms with van der Waals surface area (Å²) in [6.07, 6.45) is 0.643. The van der Waals surface area contributed by atoms with Gasteiger partial charge in [-0.1, -0.05) is 53.9 Å². The third-order valence-corrected chi connectivity index (χ3v) is 3.83. The zero-order valence-electron chi connectivity index (χ0n) is 12.9. The standard InChI is InChI=1S/C17H15Cl3N2O2/c1-2-15(11-4-3-5-12(18)8-11)21-22-17(23)10-24-16-7-6-13(19)9-14(16)20/h3-9H,2,10H2,1H3,(H,22,23). The molecule has 1 N–H and O–H groups in total. The number of hydrogen-bond donors (Lipinski definition) is 1. The molecule has 0 fully saturated rings. The molecule has 2 rings (SSSR count). The van der Waals surface area contributed by atoms with Gasteiger partial charge in [-0.25, -0.2) is 5.43 Å². The zero-order valence-corrected chi connectivity index (χ0v) is 15.1. The predicted molar refractivity (Wildman–Crippen MR) is 98.4 cm³/mol. The van der Waals surface area contributed by atoms with Crippen LogP contribution in [0.15, 0.2) is 47.6 Å². The van der Waals surface area contributed by atoms with Crippen LogP contribution in [0.5, 0.6) is 5.75 Å². The van der Waals surface area contributed by atoms with Crippen LogP contribution in [-0.4, -0.2) is 18.2 Å². The lowest BCUT2D eigenvalue weighted by molar-refractivity contribution is -0.123. The minimum absolute atomic E-state index is 0.211. The highest BCUT2D eigenvalue weighted by Gasteiger charge is 2.07. The number of hydrazone groups is 1. The highest BCUT2D eigenvalue weighted by atomic mass is 35.5. The molecular weight excluding hydrogens is 371 g/mol. The lowest BCUT2D eigenvalue weighted by Gasteiger charge is -2.08. The Hall–Kier alpha value is -1.75. The van der Waals surface area contributed by atoms with Crippen molar-refractivity contribution >= 4 is 46.4 Å². The molecule has 0 heterocycles. The van der Waals surface area contributed by atoms with Gasteiger partial charge in [-0.15, -0.1) is 0 Å². The number of nitrogens with one attached hydrogen (secondary N) is 1. The summed E-state index contributed by atoms with van der Waals surface area (Å²) < 4.78 is 5.35. The third-order valence-electron chi connectivity index (χ3n) is 3.06. The van der Waals surface area contributed by atoms with Crippen LogP contribution >= 0.6 is 34.8 Å². The molecule has 0 saturated heterocycles. The number of amides is 1. The van der Waals surface area contributed by atoms with Crippen molar-refractivity contribution in [2.24, 2.45) is 5.10 Å². The highest BCUT2D eigenvalue weighted by molar-refractivity contribution is 6.35. The van der Waals surface area contributed by atoms with E-state index in [1.54, 1.807) is 30.3 Å². The zero-order chi connectivity index (χ0) is 17.5. The normalized spacial score (nSPS) is 11.2. The molecule has 0 radical (unpaired) electrons. The van der Waals surface area contributed by atoms with Gasteiger partial charge in [0.1, 0.15) is 5.75 Å². The minimum Gasteiger partial charge on any atom is -0.482 e. The Morgan fingerprint density at radius 2 is 1.88 bits per heavy atom. The molecule has 0 aliphatic heterocycles. The van der Waals surface area contributed by atoms with E-state index < -0.39 is 5.91 Å². The summed E-state index contributed by atoms with van der Waals surface area (Å²) in [6.45, 7) is 1.73. The van der Waals surface area contributed by atoms with Crippen LogP contribution in [0.1, 0.15) is 18.9 Å². The molecule has 0 bridgehead atoms. The van der Waals surface area contributed by atoms with E-state index in [0.29, 0.717) is 27.2 Å². The van der Waals surface area contributed by atoms with Gasteiger partial charge in [0.2, 0.25) is 0 Å². The maximum absolute atomic E-state index is 11.9. The molecule has 7 heteroatoms. The molecular formula is C17H15Cl3N2O2. The van der Waals surface area contributed by atoms with Crippen molar-refractivity contribution in [3.63, 3.8) is 0 Å². The molecule has 0 aliphatic rings. The van der Waals surface area contributed by atoms with Crippen molar-refractivity contribution in [3.8, 4) is 5.75 Å². The first-order valence-electron chi connectivity index (χ1n) is 7.18. The molecule has 2 aromatic carbocycles. The lowest BCUT2D eigenvalue weighted by Crippen LogP contribution is -2.26. The SMILES string of the molecule is CCC(=NNC(=O)COc1ccc(Cl)cc1Cl)c1cccc(Cl)c1. The second-order valence-corrected chi connectivity index (χ2v) is 6.10. The fourth-order valence-corrected chi connectivity index (χ4v) is 2.57. The molecule has 24 heavy (non-hydrogen) atoms. The molecule has 0 aliphatic carbocycles. The number of carbonyl (C=O) groups excluding carboxylic acids is 1. The first kappa shape index (κ1) is 18.6. The van der Waals surface area contributed by atoms with Crippen molar-refractivity contribution < 1.29 is 9.53 Å².